The molecule has 0 saturated carbocycles. The zero-order valence-electron chi connectivity index (χ0n) is 20.6. The van der Waals surface area contributed by atoms with Gasteiger partial charge in [0, 0.05) is 11.5 Å². The summed E-state index contributed by atoms with van der Waals surface area (Å²) in [5.74, 6) is 2.25. The predicted octanol–water partition coefficient (Wildman–Crippen LogP) is 4.28. The van der Waals surface area contributed by atoms with Crippen molar-refractivity contribution >= 4 is 33.8 Å². The molecule has 2 atom stereocenters. The van der Waals surface area contributed by atoms with Crippen molar-refractivity contribution in [3.05, 3.63) is 23.4 Å². The number of aryl methyl sites for hydroxylation is 2. The van der Waals surface area contributed by atoms with E-state index >= 15 is 0 Å². The van der Waals surface area contributed by atoms with Crippen molar-refractivity contribution in [3.8, 4) is 0 Å². The number of amides is 2. The van der Waals surface area contributed by atoms with Crippen molar-refractivity contribution in [1.82, 2.24) is 30.9 Å². The van der Waals surface area contributed by atoms with E-state index in [-0.39, 0.29) is 11.8 Å². The molecule has 2 aromatic heterocycles. The highest BCUT2D eigenvalue weighted by Crippen LogP contribution is 2.31. The molecule has 0 fully saturated rings. The van der Waals surface area contributed by atoms with Crippen LogP contribution in [0.15, 0.2) is 9.05 Å². The molecule has 2 aromatic rings. The van der Waals surface area contributed by atoms with E-state index in [1.54, 1.807) is 55.4 Å². The second-order valence-corrected chi connectivity index (χ2v) is 11.9. The molecule has 14 heteroatoms. The minimum absolute atomic E-state index is 0.271. The van der Waals surface area contributed by atoms with Gasteiger partial charge in [0.2, 0.25) is 11.8 Å². The second kappa shape index (κ2) is 11.8. The van der Waals surface area contributed by atoms with Crippen molar-refractivity contribution in [2.75, 3.05) is 11.5 Å². The van der Waals surface area contributed by atoms with Gasteiger partial charge in [-0.15, -0.1) is 0 Å². The molecule has 0 spiro atoms. The first-order valence-corrected chi connectivity index (χ1v) is 13.0. The fourth-order valence-electron chi connectivity index (χ4n) is 2.39. The molecule has 190 valence electrons. The Bertz CT molecular complexity index is 876. The molecule has 2 amide bonds. The molecule has 0 aliphatic carbocycles. The third kappa shape index (κ3) is 10.2. The second-order valence-electron chi connectivity index (χ2n) is 9.33. The first-order valence-electron chi connectivity index (χ1n) is 10.6. The monoisotopic (exact) mass is 516 g/mol. The van der Waals surface area contributed by atoms with Crippen LogP contribution in [0.3, 0.4) is 0 Å². The third-order valence-electron chi connectivity index (χ3n) is 3.62. The van der Waals surface area contributed by atoms with Crippen molar-refractivity contribution in [1.29, 1.82) is 0 Å². The summed E-state index contributed by atoms with van der Waals surface area (Å²) in [7, 11) is 2.86. The molecular weight excluding hydrogens is 484 g/mol. The number of carbonyl (C=O) groups excluding carboxylic acids is 2. The Morgan fingerprint density at radius 3 is 1.41 bits per heavy atom. The van der Waals surface area contributed by atoms with E-state index in [2.05, 4.69) is 30.9 Å². The Morgan fingerprint density at radius 2 is 1.15 bits per heavy atom. The zero-order chi connectivity index (χ0) is 25.5. The number of carbonyl (C=O) groups is 2. The smallest absolute Gasteiger partial charge is 0.408 e. The fraction of sp³-hybridized carbons (Fsp3) is 0.700. The summed E-state index contributed by atoms with van der Waals surface area (Å²) in [5.41, 5.74) is -1.30. The summed E-state index contributed by atoms with van der Waals surface area (Å²) in [4.78, 5) is 33.0. The van der Waals surface area contributed by atoms with E-state index in [1.807, 2.05) is 0 Å². The summed E-state index contributed by atoms with van der Waals surface area (Å²) in [5, 5.41) is 13.1. The maximum atomic E-state index is 12.3. The average Bonchev–Trinajstić information content (AvgIpc) is 3.28. The molecule has 12 nitrogen and oxygen atoms in total. The van der Waals surface area contributed by atoms with E-state index in [4.69, 9.17) is 18.5 Å². The lowest BCUT2D eigenvalue weighted by molar-refractivity contribution is 0.0489. The van der Waals surface area contributed by atoms with E-state index in [1.165, 1.54) is 21.6 Å². The fourth-order valence-corrected chi connectivity index (χ4v) is 4.70. The molecule has 0 saturated heterocycles. The number of ether oxygens (including phenoxy) is 2. The van der Waals surface area contributed by atoms with Gasteiger partial charge in [0.15, 0.2) is 11.6 Å². The highest BCUT2D eigenvalue weighted by atomic mass is 33.1. The third-order valence-corrected chi connectivity index (χ3v) is 6.04. The van der Waals surface area contributed by atoms with Crippen molar-refractivity contribution < 1.29 is 28.1 Å². The molecule has 2 unspecified atom stereocenters. The summed E-state index contributed by atoms with van der Waals surface area (Å²) >= 11 is 0. The number of alkyl carbamates (subject to hydrolysis) is 2. The molecule has 0 aliphatic rings. The summed E-state index contributed by atoms with van der Waals surface area (Å²) < 4.78 is 21.2. The molecule has 0 aliphatic heterocycles. The molecule has 0 aromatic carbocycles. The van der Waals surface area contributed by atoms with Crippen LogP contribution in [0, 0.1) is 13.8 Å². The van der Waals surface area contributed by atoms with Crippen LogP contribution in [-0.2, 0) is 9.47 Å². The van der Waals surface area contributed by atoms with E-state index in [0.717, 1.165) is 0 Å². The number of hydrogen-bond acceptors (Lipinski definition) is 12. The van der Waals surface area contributed by atoms with Gasteiger partial charge in [-0.3, -0.25) is 0 Å². The highest BCUT2D eigenvalue weighted by Gasteiger charge is 2.27. The lowest BCUT2D eigenvalue weighted by Gasteiger charge is -2.22. The van der Waals surface area contributed by atoms with Gasteiger partial charge in [-0.1, -0.05) is 31.9 Å². The van der Waals surface area contributed by atoms with Crippen molar-refractivity contribution in [3.63, 3.8) is 0 Å². The molecule has 0 radical (unpaired) electrons. The predicted molar refractivity (Wildman–Crippen MR) is 127 cm³/mol. The summed E-state index contributed by atoms with van der Waals surface area (Å²) in [6, 6.07) is -1.15. The maximum absolute atomic E-state index is 12.3. The molecule has 2 heterocycles. The number of nitrogens with zero attached hydrogens (tertiary/aromatic N) is 4. The van der Waals surface area contributed by atoms with Gasteiger partial charge in [-0.2, -0.15) is 9.97 Å². The first kappa shape index (κ1) is 27.8. The standard InChI is InChI=1S/C20H32N6O6S2/c1-11-21-15(31-25-11)13(23-17(27)29-19(3,4)5)9-33-34-10-14(16-22-12(2)26-32-16)24-18(28)30-20(6,7)8/h13-14H,9-10H2,1-8H3,(H,23,27)(H,24,28). The number of rotatable bonds is 9. The van der Waals surface area contributed by atoms with Gasteiger partial charge >= 0.3 is 12.2 Å². The SMILES string of the molecule is Cc1noc(C(CSSCC(NC(=O)OC(C)(C)C)c2nc(C)no2)NC(=O)OC(C)(C)C)n1. The Kier molecular flexibility index (Phi) is 9.62. The minimum Gasteiger partial charge on any atom is -0.444 e. The van der Waals surface area contributed by atoms with Crippen molar-refractivity contribution in [2.24, 2.45) is 0 Å². The molecule has 2 rings (SSSR count). The van der Waals surface area contributed by atoms with Crippen molar-refractivity contribution in [2.45, 2.75) is 78.7 Å². The first-order chi connectivity index (χ1) is 15.7. The number of nitrogens with one attached hydrogen (secondary N) is 2. The largest absolute Gasteiger partial charge is 0.444 e. The summed E-state index contributed by atoms with van der Waals surface area (Å²) in [6.07, 6.45) is -1.19. The molecule has 0 bridgehead atoms. The quantitative estimate of drug-likeness (QED) is 0.361. The Morgan fingerprint density at radius 1 is 0.794 bits per heavy atom. The van der Waals surface area contributed by atoms with Crippen LogP contribution >= 0.6 is 21.6 Å². The Hall–Kier alpha value is -2.48. The van der Waals surface area contributed by atoms with Crippen LogP contribution in [0.4, 0.5) is 9.59 Å². The summed E-state index contributed by atoms with van der Waals surface area (Å²) in [6.45, 7) is 14.1. The van der Waals surface area contributed by atoms with Crippen LogP contribution in [0.2, 0.25) is 0 Å². The van der Waals surface area contributed by atoms with Gasteiger partial charge in [0.1, 0.15) is 23.3 Å². The normalized spacial score (nSPS) is 13.8. The molecule has 34 heavy (non-hydrogen) atoms. The maximum Gasteiger partial charge on any atom is 0.408 e. The van der Waals surface area contributed by atoms with E-state index < -0.39 is 35.5 Å². The molecule has 2 N–H and O–H groups in total. The molecular formula is C20H32N6O6S2. The topological polar surface area (TPSA) is 154 Å². The zero-order valence-corrected chi connectivity index (χ0v) is 22.3. The Balaban J connectivity index is 1.99. The van der Waals surface area contributed by atoms with E-state index in [9.17, 15) is 9.59 Å². The van der Waals surface area contributed by atoms with Gasteiger partial charge in [-0.05, 0) is 55.4 Å². The van der Waals surface area contributed by atoms with Gasteiger partial charge in [0.25, 0.3) is 0 Å². The van der Waals surface area contributed by atoms with Gasteiger partial charge in [0.05, 0.1) is 0 Å². The lowest BCUT2D eigenvalue weighted by atomic mass is 10.2. The minimum atomic E-state index is -0.649. The number of aromatic nitrogens is 4. The highest BCUT2D eigenvalue weighted by molar-refractivity contribution is 8.76. The van der Waals surface area contributed by atoms with Crippen LogP contribution in [0.5, 0.6) is 0 Å². The van der Waals surface area contributed by atoms with Crippen LogP contribution in [0.25, 0.3) is 0 Å². The van der Waals surface area contributed by atoms with Gasteiger partial charge in [-0.25, -0.2) is 9.59 Å². The lowest BCUT2D eigenvalue weighted by Crippen LogP contribution is -2.36. The van der Waals surface area contributed by atoms with Crippen LogP contribution in [0.1, 0.15) is 77.1 Å². The van der Waals surface area contributed by atoms with Crippen LogP contribution < -0.4 is 10.6 Å². The van der Waals surface area contributed by atoms with Crippen LogP contribution in [-0.4, -0.2) is 55.2 Å². The number of hydrogen-bond donors (Lipinski definition) is 2. The average molecular weight is 517 g/mol. The van der Waals surface area contributed by atoms with E-state index in [0.29, 0.717) is 23.2 Å². The van der Waals surface area contributed by atoms with Gasteiger partial charge < -0.3 is 29.2 Å². The Labute approximate surface area is 206 Å².